The maximum atomic E-state index is 13.5. The van der Waals surface area contributed by atoms with E-state index in [1.54, 1.807) is 0 Å². The summed E-state index contributed by atoms with van der Waals surface area (Å²) in [5.41, 5.74) is 1.66. The molecular formula is C54H88N2O6. The van der Waals surface area contributed by atoms with E-state index in [0.29, 0.717) is 6.42 Å². The Morgan fingerprint density at radius 1 is 0.468 bits per heavy atom. The minimum atomic E-state index is -1.08. The third-order valence-corrected chi connectivity index (χ3v) is 12.0. The molecule has 8 heteroatoms. The zero-order valence-electron chi connectivity index (χ0n) is 39.6. The van der Waals surface area contributed by atoms with Crippen LogP contribution in [-0.2, 0) is 41.9 Å². The van der Waals surface area contributed by atoms with E-state index in [1.807, 2.05) is 74.5 Å². The number of ether oxygens (including phenoxy) is 2. The molecule has 0 aliphatic carbocycles. The van der Waals surface area contributed by atoms with Crippen LogP contribution in [-0.4, -0.2) is 35.8 Å². The van der Waals surface area contributed by atoms with Gasteiger partial charge in [0.1, 0.15) is 25.3 Å². The van der Waals surface area contributed by atoms with Gasteiger partial charge in [-0.1, -0.05) is 248 Å². The predicted molar refractivity (Wildman–Crippen MR) is 255 cm³/mol. The van der Waals surface area contributed by atoms with Crippen molar-refractivity contribution in [1.82, 2.24) is 10.6 Å². The van der Waals surface area contributed by atoms with Crippen molar-refractivity contribution < 1.29 is 28.7 Å². The summed E-state index contributed by atoms with van der Waals surface area (Å²) < 4.78 is 10.9. The molecular weight excluding hydrogens is 773 g/mol. The van der Waals surface area contributed by atoms with Crippen LogP contribution in [0.25, 0.3) is 0 Å². The Labute approximate surface area is 378 Å². The second-order valence-corrected chi connectivity index (χ2v) is 18.1. The summed E-state index contributed by atoms with van der Waals surface area (Å²) in [6.45, 7) is 6.16. The highest BCUT2D eigenvalue weighted by Crippen LogP contribution is 2.17. The monoisotopic (exact) mass is 861 g/mol. The van der Waals surface area contributed by atoms with Crippen molar-refractivity contribution in [2.75, 3.05) is 0 Å². The van der Waals surface area contributed by atoms with Crippen molar-refractivity contribution in [3.05, 3.63) is 71.8 Å². The number of esters is 2. The number of unbranched alkanes of at least 4 members (excludes halogenated alkanes) is 26. The predicted octanol–water partition coefficient (Wildman–Crippen LogP) is 13.8. The number of hydrogen-bond acceptors (Lipinski definition) is 6. The van der Waals surface area contributed by atoms with E-state index in [0.717, 1.165) is 30.4 Å². The van der Waals surface area contributed by atoms with Crippen LogP contribution in [0.5, 0.6) is 0 Å². The lowest BCUT2D eigenvalue weighted by Gasteiger charge is -2.25. The van der Waals surface area contributed by atoms with E-state index in [-0.39, 0.29) is 37.9 Å². The fourth-order valence-corrected chi connectivity index (χ4v) is 7.97. The van der Waals surface area contributed by atoms with E-state index in [2.05, 4.69) is 17.6 Å². The lowest BCUT2D eigenvalue weighted by atomic mass is 10.0. The van der Waals surface area contributed by atoms with Crippen LogP contribution in [0.3, 0.4) is 0 Å². The Kier molecular flexibility index (Phi) is 33.2. The minimum Gasteiger partial charge on any atom is -0.461 e. The van der Waals surface area contributed by atoms with Gasteiger partial charge < -0.3 is 20.1 Å². The molecule has 0 aliphatic rings. The Bertz CT molecular complexity index is 1400. The molecule has 0 heterocycles. The molecule has 0 spiro atoms. The van der Waals surface area contributed by atoms with Crippen molar-refractivity contribution in [2.45, 2.75) is 239 Å². The standard InChI is InChI=1S/C54H88N2O6/c1-4-5-6-7-8-9-10-11-12-13-14-15-16-17-18-19-20-21-22-23-24-25-26-27-28-29-36-41-50(57)56-52(46(2)3)53(59)55-49(54(60)62-45-48-39-34-31-35-40-48)42-43-51(58)61-44-47-37-32-30-33-38-47/h30-35,37-40,46,49,52H,4-29,36,41-45H2,1-3H3,(H,55,59)(H,56,57). The second kappa shape index (κ2) is 37.8. The highest BCUT2D eigenvalue weighted by molar-refractivity contribution is 5.91. The van der Waals surface area contributed by atoms with Gasteiger partial charge in [0.25, 0.3) is 0 Å². The third-order valence-electron chi connectivity index (χ3n) is 12.0. The average molecular weight is 861 g/mol. The Hall–Kier alpha value is -3.68. The molecule has 0 aliphatic heterocycles. The van der Waals surface area contributed by atoms with E-state index in [1.165, 1.54) is 154 Å². The topological polar surface area (TPSA) is 111 Å². The molecule has 2 amide bonds. The summed E-state index contributed by atoms with van der Waals surface area (Å²) in [5, 5.41) is 5.67. The van der Waals surface area contributed by atoms with E-state index >= 15 is 0 Å². The highest BCUT2D eigenvalue weighted by Gasteiger charge is 2.30. The van der Waals surface area contributed by atoms with Crippen molar-refractivity contribution in [2.24, 2.45) is 5.92 Å². The van der Waals surface area contributed by atoms with Crippen molar-refractivity contribution in [1.29, 1.82) is 0 Å². The number of rotatable bonds is 40. The van der Waals surface area contributed by atoms with Crippen LogP contribution in [0.4, 0.5) is 0 Å². The van der Waals surface area contributed by atoms with Gasteiger partial charge in [-0.2, -0.15) is 0 Å². The van der Waals surface area contributed by atoms with Crippen LogP contribution in [0, 0.1) is 5.92 Å². The van der Waals surface area contributed by atoms with Gasteiger partial charge in [-0.3, -0.25) is 14.4 Å². The molecule has 0 saturated heterocycles. The van der Waals surface area contributed by atoms with Gasteiger partial charge in [0.15, 0.2) is 0 Å². The molecule has 2 unspecified atom stereocenters. The lowest BCUT2D eigenvalue weighted by Crippen LogP contribution is -2.54. The number of nitrogens with one attached hydrogen (secondary N) is 2. The Morgan fingerprint density at radius 2 is 0.839 bits per heavy atom. The first kappa shape index (κ1) is 54.5. The van der Waals surface area contributed by atoms with Crippen LogP contribution < -0.4 is 10.6 Å². The van der Waals surface area contributed by atoms with Gasteiger partial charge in [0.2, 0.25) is 11.8 Å². The SMILES string of the molecule is CCCCCCCCCCCCCCCCCCCCCCCCCCCCCC(=O)NC(C(=O)NC(CCC(=O)OCc1ccccc1)C(=O)OCc1ccccc1)C(C)C. The summed E-state index contributed by atoms with van der Waals surface area (Å²) in [7, 11) is 0. The van der Waals surface area contributed by atoms with Gasteiger partial charge >= 0.3 is 11.9 Å². The fraction of sp³-hybridized carbons (Fsp3) is 0.704. The number of benzene rings is 2. The van der Waals surface area contributed by atoms with Gasteiger partial charge in [0.05, 0.1) is 0 Å². The second-order valence-electron chi connectivity index (χ2n) is 18.1. The summed E-state index contributed by atoms with van der Waals surface area (Å²) in [6, 6.07) is 16.7. The summed E-state index contributed by atoms with van der Waals surface area (Å²) in [4.78, 5) is 52.3. The van der Waals surface area contributed by atoms with Crippen LogP contribution in [0.2, 0.25) is 0 Å². The number of hydrogen-bond donors (Lipinski definition) is 2. The minimum absolute atomic E-state index is 0.00532. The molecule has 2 aromatic rings. The van der Waals surface area contributed by atoms with Crippen LogP contribution >= 0.6 is 0 Å². The van der Waals surface area contributed by atoms with Crippen molar-refractivity contribution >= 4 is 23.8 Å². The third kappa shape index (κ3) is 29.6. The van der Waals surface area contributed by atoms with E-state index in [9.17, 15) is 19.2 Å². The van der Waals surface area contributed by atoms with Gasteiger partial charge in [0, 0.05) is 12.8 Å². The maximum absolute atomic E-state index is 13.5. The Morgan fingerprint density at radius 3 is 1.23 bits per heavy atom. The summed E-state index contributed by atoms with van der Waals surface area (Å²) in [6.07, 6.45) is 36.6. The lowest BCUT2D eigenvalue weighted by molar-refractivity contribution is -0.151. The summed E-state index contributed by atoms with van der Waals surface area (Å²) in [5.74, 6) is -2.00. The van der Waals surface area contributed by atoms with Crippen LogP contribution in [0.15, 0.2) is 60.7 Å². The molecule has 350 valence electrons. The number of amides is 2. The first-order chi connectivity index (χ1) is 30.3. The molecule has 0 aromatic heterocycles. The first-order valence-corrected chi connectivity index (χ1v) is 25.3. The molecule has 2 N–H and O–H groups in total. The molecule has 2 aromatic carbocycles. The van der Waals surface area contributed by atoms with E-state index < -0.39 is 29.9 Å². The molecule has 62 heavy (non-hydrogen) atoms. The maximum Gasteiger partial charge on any atom is 0.328 e. The largest absolute Gasteiger partial charge is 0.461 e. The molecule has 0 saturated carbocycles. The summed E-state index contributed by atoms with van der Waals surface area (Å²) >= 11 is 0. The van der Waals surface area contributed by atoms with Crippen molar-refractivity contribution in [3.8, 4) is 0 Å². The molecule has 2 rings (SSSR count). The number of carbonyl (C=O) groups is 4. The van der Waals surface area contributed by atoms with Gasteiger partial charge in [-0.05, 0) is 29.9 Å². The zero-order chi connectivity index (χ0) is 44.7. The first-order valence-electron chi connectivity index (χ1n) is 25.3. The van der Waals surface area contributed by atoms with Crippen molar-refractivity contribution in [3.63, 3.8) is 0 Å². The molecule has 8 nitrogen and oxygen atoms in total. The Balaban J connectivity index is 1.52. The van der Waals surface area contributed by atoms with Gasteiger partial charge in [-0.15, -0.1) is 0 Å². The normalized spacial score (nSPS) is 12.2. The number of carbonyl (C=O) groups excluding carboxylic acids is 4. The fourth-order valence-electron chi connectivity index (χ4n) is 7.97. The quantitative estimate of drug-likeness (QED) is 0.0510. The smallest absolute Gasteiger partial charge is 0.328 e. The van der Waals surface area contributed by atoms with Crippen LogP contribution in [0.1, 0.15) is 225 Å². The molecule has 0 radical (unpaired) electrons. The highest BCUT2D eigenvalue weighted by atomic mass is 16.5. The van der Waals surface area contributed by atoms with Gasteiger partial charge in [-0.25, -0.2) is 4.79 Å². The van der Waals surface area contributed by atoms with E-state index in [4.69, 9.17) is 9.47 Å². The zero-order valence-corrected chi connectivity index (χ0v) is 39.6. The molecule has 2 atom stereocenters. The molecule has 0 bridgehead atoms. The molecule has 0 fully saturated rings. The average Bonchev–Trinajstić information content (AvgIpc) is 3.28.